The van der Waals surface area contributed by atoms with E-state index in [2.05, 4.69) is 24.0 Å². The second kappa shape index (κ2) is 4.44. The van der Waals surface area contributed by atoms with Gasteiger partial charge in [0.1, 0.15) is 0 Å². The van der Waals surface area contributed by atoms with Crippen LogP contribution in [-0.2, 0) is 0 Å². The van der Waals surface area contributed by atoms with Crippen molar-refractivity contribution in [3.8, 4) is 6.07 Å². The Morgan fingerprint density at radius 1 is 1.44 bits per heavy atom. The quantitative estimate of drug-likeness (QED) is 0.785. The highest BCUT2D eigenvalue weighted by Gasteiger charge is 2.29. The van der Waals surface area contributed by atoms with E-state index in [0.29, 0.717) is 12.5 Å². The van der Waals surface area contributed by atoms with E-state index in [4.69, 9.17) is 11.0 Å². The number of nitrogen functional groups attached to an aromatic ring is 1. The van der Waals surface area contributed by atoms with Crippen LogP contribution in [0.2, 0.25) is 0 Å². The van der Waals surface area contributed by atoms with Crippen LogP contribution in [0.15, 0.2) is 18.2 Å². The molecule has 3 heteroatoms. The molecule has 1 aliphatic rings. The van der Waals surface area contributed by atoms with Crippen molar-refractivity contribution in [2.24, 2.45) is 0 Å². The van der Waals surface area contributed by atoms with Crippen molar-refractivity contribution in [1.82, 2.24) is 0 Å². The number of nitriles is 1. The van der Waals surface area contributed by atoms with E-state index >= 15 is 0 Å². The summed E-state index contributed by atoms with van der Waals surface area (Å²) >= 11 is 0. The lowest BCUT2D eigenvalue weighted by Gasteiger charge is -2.24. The fourth-order valence-corrected chi connectivity index (χ4v) is 2.04. The molecule has 1 aromatic rings. The highest BCUT2D eigenvalue weighted by atomic mass is 15.2. The minimum absolute atomic E-state index is 0.574. The molecule has 0 aliphatic heterocycles. The van der Waals surface area contributed by atoms with Crippen molar-refractivity contribution in [2.75, 3.05) is 17.2 Å². The molecule has 0 aromatic heterocycles. The summed E-state index contributed by atoms with van der Waals surface area (Å²) in [6, 6.07) is 8.95. The van der Waals surface area contributed by atoms with E-state index in [1.807, 2.05) is 12.1 Å². The molecule has 1 saturated carbocycles. The average Bonchev–Trinajstić information content (AvgIpc) is 3.01. The van der Waals surface area contributed by atoms with Crippen LogP contribution in [0.4, 0.5) is 11.4 Å². The Bertz CT molecular complexity index is 395. The van der Waals surface area contributed by atoms with E-state index in [9.17, 15) is 0 Å². The first kappa shape index (κ1) is 10.8. The number of nitrogens with two attached hydrogens (primary N) is 1. The van der Waals surface area contributed by atoms with Crippen molar-refractivity contribution in [1.29, 1.82) is 5.26 Å². The number of aryl methyl sites for hydroxylation is 1. The largest absolute Gasteiger partial charge is 0.399 e. The van der Waals surface area contributed by atoms with Crippen molar-refractivity contribution in [3.63, 3.8) is 0 Å². The predicted octanol–water partition coefficient (Wildman–Crippen LogP) is 2.46. The lowest BCUT2D eigenvalue weighted by Crippen LogP contribution is -2.26. The van der Waals surface area contributed by atoms with Crippen LogP contribution in [0.3, 0.4) is 0 Å². The summed E-state index contributed by atoms with van der Waals surface area (Å²) in [7, 11) is 0. The summed E-state index contributed by atoms with van der Waals surface area (Å²) in [6.45, 7) is 2.86. The number of anilines is 2. The molecule has 0 amide bonds. The van der Waals surface area contributed by atoms with Gasteiger partial charge in [-0.05, 0) is 43.5 Å². The van der Waals surface area contributed by atoms with Gasteiger partial charge in [0.25, 0.3) is 0 Å². The van der Waals surface area contributed by atoms with Gasteiger partial charge in [0.2, 0.25) is 0 Å². The van der Waals surface area contributed by atoms with Gasteiger partial charge in [-0.3, -0.25) is 0 Å². The van der Waals surface area contributed by atoms with Crippen LogP contribution in [0.25, 0.3) is 0 Å². The minimum atomic E-state index is 0.574. The van der Waals surface area contributed by atoms with Crippen LogP contribution < -0.4 is 10.6 Å². The van der Waals surface area contributed by atoms with Crippen molar-refractivity contribution >= 4 is 11.4 Å². The van der Waals surface area contributed by atoms with Gasteiger partial charge in [0.15, 0.2) is 0 Å². The van der Waals surface area contributed by atoms with Gasteiger partial charge in [-0.25, -0.2) is 0 Å². The lowest BCUT2D eigenvalue weighted by molar-refractivity contribution is 0.793. The topological polar surface area (TPSA) is 53.0 Å². The standard InChI is InChI=1S/C13H17N3/c1-10-7-11(15)9-13(8-10)16(6-2-5-14)12-3-4-12/h7-9,12H,2-4,6,15H2,1H3. The minimum Gasteiger partial charge on any atom is -0.399 e. The van der Waals surface area contributed by atoms with Crippen molar-refractivity contribution < 1.29 is 0 Å². The molecule has 3 nitrogen and oxygen atoms in total. The van der Waals surface area contributed by atoms with Crippen LogP contribution in [0.1, 0.15) is 24.8 Å². The average molecular weight is 215 g/mol. The molecule has 0 heterocycles. The van der Waals surface area contributed by atoms with Crippen LogP contribution in [0, 0.1) is 18.3 Å². The summed E-state index contributed by atoms with van der Waals surface area (Å²) < 4.78 is 0. The molecule has 1 fully saturated rings. The van der Waals surface area contributed by atoms with Crippen LogP contribution >= 0.6 is 0 Å². The van der Waals surface area contributed by atoms with E-state index < -0.39 is 0 Å². The molecule has 0 unspecified atom stereocenters. The SMILES string of the molecule is Cc1cc(N)cc(N(CCC#N)C2CC2)c1. The smallest absolute Gasteiger partial charge is 0.0640 e. The Morgan fingerprint density at radius 3 is 2.75 bits per heavy atom. The van der Waals surface area contributed by atoms with Gasteiger partial charge in [-0.15, -0.1) is 0 Å². The van der Waals surface area contributed by atoms with Gasteiger partial charge in [0.05, 0.1) is 12.5 Å². The second-order valence-electron chi connectivity index (χ2n) is 4.43. The Hall–Kier alpha value is -1.69. The van der Waals surface area contributed by atoms with Crippen molar-refractivity contribution in [2.45, 2.75) is 32.2 Å². The highest BCUT2D eigenvalue weighted by Crippen LogP contribution is 2.33. The third-order valence-electron chi connectivity index (χ3n) is 2.87. The van der Waals surface area contributed by atoms with Crippen molar-refractivity contribution in [3.05, 3.63) is 23.8 Å². The molecule has 0 bridgehead atoms. The third kappa shape index (κ3) is 2.46. The Labute approximate surface area is 96.5 Å². The Balaban J connectivity index is 2.20. The number of nitrogens with zero attached hydrogens (tertiary/aromatic N) is 2. The molecule has 16 heavy (non-hydrogen) atoms. The molecule has 0 radical (unpaired) electrons. The second-order valence-corrected chi connectivity index (χ2v) is 4.43. The summed E-state index contributed by atoms with van der Waals surface area (Å²) in [5, 5.41) is 8.67. The Morgan fingerprint density at radius 2 is 2.19 bits per heavy atom. The number of hydrogen-bond donors (Lipinski definition) is 1. The van der Waals surface area contributed by atoms with E-state index in [0.717, 1.165) is 17.9 Å². The monoisotopic (exact) mass is 215 g/mol. The van der Waals surface area contributed by atoms with Gasteiger partial charge in [0, 0.05) is 24.0 Å². The number of hydrogen-bond acceptors (Lipinski definition) is 3. The highest BCUT2D eigenvalue weighted by molar-refractivity contribution is 5.59. The van der Waals surface area contributed by atoms with E-state index in [1.165, 1.54) is 18.4 Å². The zero-order chi connectivity index (χ0) is 11.5. The first-order chi connectivity index (χ1) is 7.70. The first-order valence-electron chi connectivity index (χ1n) is 5.71. The Kier molecular flexibility index (Phi) is 3.00. The first-order valence-corrected chi connectivity index (χ1v) is 5.71. The zero-order valence-corrected chi connectivity index (χ0v) is 9.61. The third-order valence-corrected chi connectivity index (χ3v) is 2.87. The molecular formula is C13H17N3. The molecule has 84 valence electrons. The summed E-state index contributed by atoms with van der Waals surface area (Å²) in [5.74, 6) is 0. The molecule has 1 aliphatic carbocycles. The predicted molar refractivity (Wildman–Crippen MR) is 66.2 cm³/mol. The molecular weight excluding hydrogens is 198 g/mol. The molecule has 2 rings (SSSR count). The molecule has 0 spiro atoms. The molecule has 1 aromatic carbocycles. The number of benzene rings is 1. The summed E-state index contributed by atoms with van der Waals surface area (Å²) in [4.78, 5) is 2.31. The van der Waals surface area contributed by atoms with Crippen LogP contribution in [-0.4, -0.2) is 12.6 Å². The molecule has 2 N–H and O–H groups in total. The maximum Gasteiger partial charge on any atom is 0.0640 e. The maximum absolute atomic E-state index is 8.67. The van der Waals surface area contributed by atoms with Gasteiger partial charge >= 0.3 is 0 Å². The van der Waals surface area contributed by atoms with Gasteiger partial charge in [-0.1, -0.05) is 0 Å². The van der Waals surface area contributed by atoms with E-state index in [-0.39, 0.29) is 0 Å². The lowest BCUT2D eigenvalue weighted by atomic mass is 10.1. The summed E-state index contributed by atoms with van der Waals surface area (Å²) in [6.07, 6.45) is 3.04. The van der Waals surface area contributed by atoms with E-state index in [1.54, 1.807) is 0 Å². The normalized spacial score (nSPS) is 14.5. The zero-order valence-electron chi connectivity index (χ0n) is 9.61. The fraction of sp³-hybridized carbons (Fsp3) is 0.462. The summed E-state index contributed by atoms with van der Waals surface area (Å²) in [5.41, 5.74) is 9.00. The van der Waals surface area contributed by atoms with Crippen LogP contribution in [0.5, 0.6) is 0 Å². The molecule has 0 saturated heterocycles. The fourth-order valence-electron chi connectivity index (χ4n) is 2.04. The maximum atomic E-state index is 8.67. The van der Waals surface area contributed by atoms with Gasteiger partial charge in [-0.2, -0.15) is 5.26 Å². The number of rotatable bonds is 4. The van der Waals surface area contributed by atoms with Gasteiger partial charge < -0.3 is 10.6 Å². The molecule has 0 atom stereocenters.